The average Bonchev–Trinajstić information content (AvgIpc) is 2.42. The fourth-order valence-corrected chi connectivity index (χ4v) is 1.44. The molecule has 0 atom stereocenters. The van der Waals surface area contributed by atoms with E-state index in [9.17, 15) is 9.18 Å². The maximum atomic E-state index is 12.7. The number of hydrogen-bond acceptors (Lipinski definition) is 5. The molecule has 98 valence electrons. The molecule has 19 heavy (non-hydrogen) atoms. The predicted molar refractivity (Wildman–Crippen MR) is 67.7 cm³/mol. The Hall–Kier alpha value is -2.50. The highest BCUT2D eigenvalue weighted by molar-refractivity contribution is 5.90. The van der Waals surface area contributed by atoms with Gasteiger partial charge in [-0.2, -0.15) is 0 Å². The number of nitrogens with one attached hydrogen (secondary N) is 1. The van der Waals surface area contributed by atoms with Gasteiger partial charge in [-0.1, -0.05) is 6.07 Å². The molecule has 2 aromatic rings. The van der Waals surface area contributed by atoms with Crippen molar-refractivity contribution in [1.29, 1.82) is 0 Å². The Labute approximate surface area is 109 Å². The first-order valence-corrected chi connectivity index (χ1v) is 5.71. The number of anilines is 2. The number of aromatic nitrogens is 2. The third-order valence-corrected chi connectivity index (χ3v) is 2.25. The summed E-state index contributed by atoms with van der Waals surface area (Å²) in [5.74, 6) is -0.653. The minimum atomic E-state index is -0.508. The fourth-order valence-electron chi connectivity index (χ4n) is 1.44. The van der Waals surface area contributed by atoms with Crippen molar-refractivity contribution in [1.82, 2.24) is 9.97 Å². The van der Waals surface area contributed by atoms with Crippen molar-refractivity contribution in [2.45, 2.75) is 6.92 Å². The molecular formula is C13H12FN3O2. The molecule has 0 aliphatic rings. The zero-order valence-corrected chi connectivity index (χ0v) is 10.3. The molecule has 0 amide bonds. The summed E-state index contributed by atoms with van der Waals surface area (Å²) in [5, 5.41) is 2.87. The predicted octanol–water partition coefficient (Wildman–Crippen LogP) is 2.54. The third-order valence-electron chi connectivity index (χ3n) is 2.25. The first kappa shape index (κ1) is 12.9. The quantitative estimate of drug-likeness (QED) is 0.857. The Morgan fingerprint density at radius 2 is 2.11 bits per heavy atom. The highest BCUT2D eigenvalue weighted by atomic mass is 19.1. The minimum Gasteiger partial charge on any atom is -0.462 e. The highest BCUT2D eigenvalue weighted by Gasteiger charge is 2.07. The number of rotatable bonds is 4. The van der Waals surface area contributed by atoms with E-state index in [1.54, 1.807) is 31.2 Å². The van der Waals surface area contributed by atoms with Gasteiger partial charge in [0.2, 0.25) is 5.95 Å². The lowest BCUT2D eigenvalue weighted by molar-refractivity contribution is 0.0526. The van der Waals surface area contributed by atoms with Crippen molar-refractivity contribution in [3.8, 4) is 0 Å². The van der Waals surface area contributed by atoms with Crippen molar-refractivity contribution in [2.75, 3.05) is 11.9 Å². The van der Waals surface area contributed by atoms with Gasteiger partial charge in [0.1, 0.15) is 0 Å². The Balaban J connectivity index is 2.15. The lowest BCUT2D eigenvalue weighted by atomic mass is 10.2. The summed E-state index contributed by atoms with van der Waals surface area (Å²) >= 11 is 0. The lowest BCUT2D eigenvalue weighted by Gasteiger charge is -2.06. The normalized spacial score (nSPS) is 10.0. The van der Waals surface area contributed by atoms with Gasteiger partial charge in [0.25, 0.3) is 0 Å². The maximum Gasteiger partial charge on any atom is 0.338 e. The van der Waals surface area contributed by atoms with Crippen LogP contribution in [0.25, 0.3) is 0 Å². The summed E-state index contributed by atoms with van der Waals surface area (Å²) in [4.78, 5) is 19.1. The number of nitrogens with zero attached hydrogens (tertiary/aromatic N) is 2. The van der Waals surface area contributed by atoms with Gasteiger partial charge in [0.05, 0.1) is 24.6 Å². The van der Waals surface area contributed by atoms with Crippen LogP contribution >= 0.6 is 0 Å². The third kappa shape index (κ3) is 3.48. The van der Waals surface area contributed by atoms with Crippen LogP contribution in [0.5, 0.6) is 0 Å². The molecule has 1 aromatic heterocycles. The highest BCUT2D eigenvalue weighted by Crippen LogP contribution is 2.15. The largest absolute Gasteiger partial charge is 0.462 e. The van der Waals surface area contributed by atoms with Gasteiger partial charge in [-0.3, -0.25) is 0 Å². The lowest BCUT2D eigenvalue weighted by Crippen LogP contribution is -2.05. The second kappa shape index (κ2) is 5.90. The summed E-state index contributed by atoms with van der Waals surface area (Å²) < 4.78 is 17.6. The van der Waals surface area contributed by atoms with Crippen LogP contribution in [0.3, 0.4) is 0 Å². The molecule has 0 aliphatic carbocycles. The SMILES string of the molecule is CCOC(=O)c1cccc(Nc2ncc(F)cn2)c1. The molecule has 1 aromatic carbocycles. The molecule has 0 saturated carbocycles. The van der Waals surface area contributed by atoms with Gasteiger partial charge in [0.15, 0.2) is 5.82 Å². The number of halogens is 1. The second-order valence-electron chi connectivity index (χ2n) is 3.65. The minimum absolute atomic E-state index is 0.252. The number of carbonyl (C=O) groups is 1. The molecule has 0 radical (unpaired) electrons. The molecule has 1 heterocycles. The van der Waals surface area contributed by atoms with Crippen LogP contribution in [0.15, 0.2) is 36.7 Å². The fraction of sp³-hybridized carbons (Fsp3) is 0.154. The van der Waals surface area contributed by atoms with E-state index in [0.29, 0.717) is 17.9 Å². The maximum absolute atomic E-state index is 12.7. The number of hydrogen-bond donors (Lipinski definition) is 1. The zero-order valence-electron chi connectivity index (χ0n) is 10.3. The van der Waals surface area contributed by atoms with Crippen molar-refractivity contribution >= 4 is 17.6 Å². The molecular weight excluding hydrogens is 249 g/mol. The van der Waals surface area contributed by atoms with Crippen molar-refractivity contribution in [2.24, 2.45) is 0 Å². The van der Waals surface area contributed by atoms with E-state index < -0.39 is 11.8 Å². The van der Waals surface area contributed by atoms with Gasteiger partial charge >= 0.3 is 5.97 Å². The average molecular weight is 261 g/mol. The smallest absolute Gasteiger partial charge is 0.338 e. The van der Waals surface area contributed by atoms with Gasteiger partial charge in [-0.15, -0.1) is 0 Å². The molecule has 0 unspecified atom stereocenters. The standard InChI is InChI=1S/C13H12FN3O2/c1-2-19-12(18)9-4-3-5-11(6-9)17-13-15-7-10(14)8-16-13/h3-8H,2H2,1H3,(H,15,16,17). The Kier molecular flexibility index (Phi) is 4.02. The van der Waals surface area contributed by atoms with E-state index in [1.165, 1.54) is 0 Å². The van der Waals surface area contributed by atoms with Crippen LogP contribution in [-0.4, -0.2) is 22.5 Å². The molecule has 0 bridgehead atoms. The van der Waals surface area contributed by atoms with Crippen LogP contribution in [0.2, 0.25) is 0 Å². The molecule has 0 aliphatic heterocycles. The Morgan fingerprint density at radius 3 is 2.79 bits per heavy atom. The molecule has 2 rings (SSSR count). The summed E-state index contributed by atoms with van der Waals surface area (Å²) in [6, 6.07) is 6.72. The number of esters is 1. The number of carbonyl (C=O) groups excluding carboxylic acids is 1. The molecule has 5 nitrogen and oxygen atoms in total. The van der Waals surface area contributed by atoms with Gasteiger partial charge in [0, 0.05) is 5.69 Å². The van der Waals surface area contributed by atoms with Gasteiger partial charge in [-0.05, 0) is 25.1 Å². The van der Waals surface area contributed by atoms with Crippen molar-refractivity contribution in [3.63, 3.8) is 0 Å². The van der Waals surface area contributed by atoms with Crippen molar-refractivity contribution < 1.29 is 13.9 Å². The van der Waals surface area contributed by atoms with E-state index in [4.69, 9.17) is 4.74 Å². The van der Waals surface area contributed by atoms with Crippen LogP contribution in [0.1, 0.15) is 17.3 Å². The monoisotopic (exact) mass is 261 g/mol. The van der Waals surface area contributed by atoms with Crippen LogP contribution in [-0.2, 0) is 4.74 Å². The summed E-state index contributed by atoms with van der Waals surface area (Å²) in [6.45, 7) is 2.06. The first-order chi connectivity index (χ1) is 9.19. The van der Waals surface area contributed by atoms with Gasteiger partial charge in [-0.25, -0.2) is 19.2 Å². The molecule has 0 saturated heterocycles. The summed E-state index contributed by atoms with van der Waals surface area (Å²) in [7, 11) is 0. The molecule has 0 spiro atoms. The van der Waals surface area contributed by atoms with E-state index in [2.05, 4.69) is 15.3 Å². The van der Waals surface area contributed by atoms with Gasteiger partial charge < -0.3 is 10.1 Å². The Bertz CT molecular complexity index is 572. The van der Waals surface area contributed by atoms with Crippen molar-refractivity contribution in [3.05, 3.63) is 48.0 Å². The zero-order chi connectivity index (χ0) is 13.7. The molecule has 0 fully saturated rings. The van der Waals surface area contributed by atoms with Crippen LogP contribution in [0.4, 0.5) is 16.0 Å². The summed E-state index contributed by atoms with van der Waals surface area (Å²) in [5.41, 5.74) is 1.05. The number of ether oxygens (including phenoxy) is 1. The second-order valence-corrected chi connectivity index (χ2v) is 3.65. The Morgan fingerprint density at radius 1 is 1.37 bits per heavy atom. The topological polar surface area (TPSA) is 64.1 Å². The molecule has 1 N–H and O–H groups in total. The number of benzene rings is 1. The van der Waals surface area contributed by atoms with E-state index in [0.717, 1.165) is 12.4 Å². The summed E-state index contributed by atoms with van der Waals surface area (Å²) in [6.07, 6.45) is 2.12. The van der Waals surface area contributed by atoms with E-state index >= 15 is 0 Å². The van der Waals surface area contributed by atoms with E-state index in [-0.39, 0.29) is 5.95 Å². The molecule has 6 heteroatoms. The van der Waals surface area contributed by atoms with E-state index in [1.807, 2.05) is 0 Å². The van der Waals surface area contributed by atoms with Crippen LogP contribution in [0, 0.1) is 5.82 Å². The van der Waals surface area contributed by atoms with Crippen LogP contribution < -0.4 is 5.32 Å². The first-order valence-electron chi connectivity index (χ1n) is 5.71.